The van der Waals surface area contributed by atoms with Gasteiger partial charge >= 0.3 is 0 Å². The molecule has 0 unspecified atom stereocenters. The van der Waals surface area contributed by atoms with Crippen LogP contribution in [0, 0.1) is 5.92 Å². The van der Waals surface area contributed by atoms with Crippen molar-refractivity contribution in [3.63, 3.8) is 0 Å². The summed E-state index contributed by atoms with van der Waals surface area (Å²) in [5.74, 6) is 0.504. The quantitative estimate of drug-likeness (QED) is 0.787. The van der Waals surface area contributed by atoms with Crippen molar-refractivity contribution < 1.29 is 9.59 Å². The van der Waals surface area contributed by atoms with Gasteiger partial charge in [0.2, 0.25) is 0 Å². The van der Waals surface area contributed by atoms with E-state index in [1.165, 1.54) is 5.56 Å². The molecule has 2 amide bonds. The number of likely N-dealkylation sites (N-methyl/N-ethyl adjacent to an activating group) is 1. The first-order valence-corrected chi connectivity index (χ1v) is 10.4. The highest BCUT2D eigenvalue weighted by atomic mass is 16.2. The molecule has 0 spiro atoms. The van der Waals surface area contributed by atoms with E-state index in [-0.39, 0.29) is 11.8 Å². The summed E-state index contributed by atoms with van der Waals surface area (Å²) in [4.78, 5) is 29.2. The number of carbonyl (C=O) groups is 2. The SMILES string of the molecule is CN(C)CCNC(=O)c1cccc(C(=O)N2CCC(Cc3ccccc3)CC2)c1. The van der Waals surface area contributed by atoms with Gasteiger partial charge in [0.05, 0.1) is 0 Å². The molecule has 0 aliphatic carbocycles. The van der Waals surface area contributed by atoms with Crippen molar-refractivity contribution in [1.82, 2.24) is 15.1 Å². The Hall–Kier alpha value is -2.66. The largest absolute Gasteiger partial charge is 0.351 e. The fourth-order valence-corrected chi connectivity index (χ4v) is 3.76. The Labute approximate surface area is 173 Å². The van der Waals surface area contributed by atoms with Crippen LogP contribution in [0.3, 0.4) is 0 Å². The van der Waals surface area contributed by atoms with Gasteiger partial charge < -0.3 is 15.1 Å². The monoisotopic (exact) mass is 393 g/mol. The van der Waals surface area contributed by atoms with Crippen LogP contribution in [-0.4, -0.2) is 61.9 Å². The second kappa shape index (κ2) is 10.2. The predicted molar refractivity (Wildman–Crippen MR) is 116 cm³/mol. The molecular formula is C24H31N3O2. The molecule has 3 rings (SSSR count). The Morgan fingerprint density at radius 1 is 1.00 bits per heavy atom. The first kappa shape index (κ1) is 21.1. The summed E-state index contributed by atoms with van der Waals surface area (Å²) >= 11 is 0. The lowest BCUT2D eigenvalue weighted by atomic mass is 9.90. The summed E-state index contributed by atoms with van der Waals surface area (Å²) in [6, 6.07) is 17.6. The minimum Gasteiger partial charge on any atom is -0.351 e. The third-order valence-electron chi connectivity index (χ3n) is 5.49. The van der Waals surface area contributed by atoms with Crippen LogP contribution < -0.4 is 5.32 Å². The first-order chi connectivity index (χ1) is 14.0. The molecule has 1 heterocycles. The number of likely N-dealkylation sites (tertiary alicyclic amines) is 1. The first-order valence-electron chi connectivity index (χ1n) is 10.4. The highest BCUT2D eigenvalue weighted by molar-refractivity contribution is 5.99. The number of piperidine rings is 1. The molecular weight excluding hydrogens is 362 g/mol. The van der Waals surface area contributed by atoms with Crippen molar-refractivity contribution >= 4 is 11.8 Å². The zero-order chi connectivity index (χ0) is 20.6. The van der Waals surface area contributed by atoms with E-state index >= 15 is 0 Å². The number of nitrogens with one attached hydrogen (secondary N) is 1. The Balaban J connectivity index is 1.53. The van der Waals surface area contributed by atoms with E-state index in [1.54, 1.807) is 24.3 Å². The maximum atomic E-state index is 12.9. The van der Waals surface area contributed by atoms with E-state index in [4.69, 9.17) is 0 Å². The molecule has 0 saturated carbocycles. The second-order valence-electron chi connectivity index (χ2n) is 8.07. The Morgan fingerprint density at radius 2 is 1.69 bits per heavy atom. The molecule has 2 aromatic carbocycles. The molecule has 29 heavy (non-hydrogen) atoms. The van der Waals surface area contributed by atoms with Gasteiger partial charge in [0.25, 0.3) is 11.8 Å². The Bertz CT molecular complexity index is 812. The number of amides is 2. The molecule has 1 aliphatic rings. The van der Waals surface area contributed by atoms with E-state index < -0.39 is 0 Å². The van der Waals surface area contributed by atoms with Gasteiger partial charge in [-0.25, -0.2) is 0 Å². The van der Waals surface area contributed by atoms with E-state index in [9.17, 15) is 9.59 Å². The fraction of sp³-hybridized carbons (Fsp3) is 0.417. The average molecular weight is 394 g/mol. The molecule has 2 aromatic rings. The van der Waals surface area contributed by atoms with Gasteiger partial charge in [0.15, 0.2) is 0 Å². The summed E-state index contributed by atoms with van der Waals surface area (Å²) < 4.78 is 0. The number of benzene rings is 2. The zero-order valence-electron chi connectivity index (χ0n) is 17.4. The molecule has 154 valence electrons. The normalized spacial score (nSPS) is 14.8. The predicted octanol–water partition coefficient (Wildman–Crippen LogP) is 3.07. The summed E-state index contributed by atoms with van der Waals surface area (Å²) in [5.41, 5.74) is 2.49. The van der Waals surface area contributed by atoms with Crippen molar-refractivity contribution in [2.24, 2.45) is 5.92 Å². The molecule has 1 saturated heterocycles. The van der Waals surface area contributed by atoms with E-state index in [0.717, 1.165) is 38.9 Å². The number of rotatable bonds is 7. The number of hydrogen-bond acceptors (Lipinski definition) is 3. The molecule has 5 nitrogen and oxygen atoms in total. The average Bonchev–Trinajstić information content (AvgIpc) is 2.74. The lowest BCUT2D eigenvalue weighted by molar-refractivity contribution is 0.0690. The minimum atomic E-state index is -0.136. The van der Waals surface area contributed by atoms with Crippen molar-refractivity contribution in [3.05, 3.63) is 71.3 Å². The maximum absolute atomic E-state index is 12.9. The standard InChI is InChI=1S/C24H31N3O2/c1-26(2)16-13-25-23(28)21-9-6-10-22(18-21)24(29)27-14-11-20(12-15-27)17-19-7-4-3-5-8-19/h3-10,18,20H,11-17H2,1-2H3,(H,25,28). The maximum Gasteiger partial charge on any atom is 0.253 e. The topological polar surface area (TPSA) is 52.7 Å². The smallest absolute Gasteiger partial charge is 0.253 e. The summed E-state index contributed by atoms with van der Waals surface area (Å²) in [5, 5.41) is 2.90. The van der Waals surface area contributed by atoms with Gasteiger partial charge in [-0.15, -0.1) is 0 Å². The lowest BCUT2D eigenvalue weighted by Crippen LogP contribution is -2.39. The molecule has 1 fully saturated rings. The van der Waals surface area contributed by atoms with E-state index in [0.29, 0.717) is 23.6 Å². The van der Waals surface area contributed by atoms with Crippen LogP contribution in [0.4, 0.5) is 0 Å². The second-order valence-corrected chi connectivity index (χ2v) is 8.07. The lowest BCUT2D eigenvalue weighted by Gasteiger charge is -2.32. The van der Waals surface area contributed by atoms with Crippen molar-refractivity contribution in [2.75, 3.05) is 40.3 Å². The van der Waals surface area contributed by atoms with E-state index in [1.807, 2.05) is 30.0 Å². The molecule has 1 N–H and O–H groups in total. The van der Waals surface area contributed by atoms with Crippen molar-refractivity contribution in [3.8, 4) is 0 Å². The van der Waals surface area contributed by atoms with Crippen molar-refractivity contribution in [2.45, 2.75) is 19.3 Å². The van der Waals surface area contributed by atoms with Crippen LogP contribution in [0.2, 0.25) is 0 Å². The van der Waals surface area contributed by atoms with Gasteiger partial charge in [-0.3, -0.25) is 9.59 Å². The summed E-state index contributed by atoms with van der Waals surface area (Å²) in [6.45, 7) is 2.91. The van der Waals surface area contributed by atoms with Crippen LogP contribution in [0.1, 0.15) is 39.1 Å². The highest BCUT2D eigenvalue weighted by Gasteiger charge is 2.24. The van der Waals surface area contributed by atoms with Crippen LogP contribution >= 0.6 is 0 Å². The van der Waals surface area contributed by atoms with Gasteiger partial charge in [-0.1, -0.05) is 36.4 Å². The van der Waals surface area contributed by atoms with Crippen LogP contribution in [0.5, 0.6) is 0 Å². The molecule has 1 aliphatic heterocycles. The number of carbonyl (C=O) groups excluding carboxylic acids is 2. The van der Waals surface area contributed by atoms with Crippen LogP contribution in [-0.2, 0) is 6.42 Å². The van der Waals surface area contributed by atoms with Gasteiger partial charge in [0, 0.05) is 37.3 Å². The minimum absolute atomic E-state index is 0.0195. The van der Waals surface area contributed by atoms with Crippen LogP contribution in [0.15, 0.2) is 54.6 Å². The van der Waals surface area contributed by atoms with Gasteiger partial charge in [-0.05, 0) is 63.0 Å². The highest BCUT2D eigenvalue weighted by Crippen LogP contribution is 2.23. The van der Waals surface area contributed by atoms with Gasteiger partial charge in [0.1, 0.15) is 0 Å². The molecule has 5 heteroatoms. The molecule has 0 radical (unpaired) electrons. The van der Waals surface area contributed by atoms with E-state index in [2.05, 4.69) is 29.6 Å². The number of nitrogens with zero attached hydrogens (tertiary/aromatic N) is 2. The van der Waals surface area contributed by atoms with Crippen LogP contribution in [0.25, 0.3) is 0 Å². The Kier molecular flexibility index (Phi) is 7.42. The third-order valence-corrected chi connectivity index (χ3v) is 5.49. The summed E-state index contributed by atoms with van der Waals surface area (Å²) in [6.07, 6.45) is 3.11. The fourth-order valence-electron chi connectivity index (χ4n) is 3.76. The summed E-state index contributed by atoms with van der Waals surface area (Å²) in [7, 11) is 3.93. The zero-order valence-corrected chi connectivity index (χ0v) is 17.4. The molecule has 0 bridgehead atoms. The molecule has 0 atom stereocenters. The third kappa shape index (κ3) is 6.16. The van der Waals surface area contributed by atoms with Crippen molar-refractivity contribution in [1.29, 1.82) is 0 Å². The number of hydrogen-bond donors (Lipinski definition) is 1. The van der Waals surface area contributed by atoms with Gasteiger partial charge in [-0.2, -0.15) is 0 Å². The Morgan fingerprint density at radius 3 is 2.38 bits per heavy atom. The molecule has 0 aromatic heterocycles.